The second-order valence-corrected chi connectivity index (χ2v) is 5.17. The van der Waals surface area contributed by atoms with Crippen molar-refractivity contribution in [1.29, 1.82) is 0 Å². The number of hydrogen-bond acceptors (Lipinski definition) is 3. The van der Waals surface area contributed by atoms with Crippen molar-refractivity contribution < 1.29 is 14.6 Å². The first-order chi connectivity index (χ1) is 11.1. The number of phenolic OH excluding ortho intramolecular Hbond substituents is 1. The zero-order valence-electron chi connectivity index (χ0n) is 13.2. The van der Waals surface area contributed by atoms with Gasteiger partial charge in [0.05, 0.1) is 6.54 Å². The highest BCUT2D eigenvalue weighted by atomic mass is 16.5. The van der Waals surface area contributed by atoms with Gasteiger partial charge in [-0.1, -0.05) is 42.2 Å². The highest BCUT2D eigenvalue weighted by Gasteiger charge is 2.02. The van der Waals surface area contributed by atoms with Crippen LogP contribution in [-0.2, 0) is 11.3 Å². The van der Waals surface area contributed by atoms with E-state index in [9.17, 15) is 9.90 Å². The van der Waals surface area contributed by atoms with Crippen LogP contribution in [0.4, 0.5) is 4.79 Å². The molecular formula is C19H19NO3. The third-order valence-corrected chi connectivity index (χ3v) is 3.26. The molecule has 4 heteroatoms. The Morgan fingerprint density at radius 1 is 1.17 bits per heavy atom. The molecule has 0 heterocycles. The molecule has 1 amide bonds. The number of carbonyl (C=O) groups excluding carboxylic acids is 1. The molecule has 0 aliphatic carbocycles. The van der Waals surface area contributed by atoms with Gasteiger partial charge in [-0.05, 0) is 42.7 Å². The van der Waals surface area contributed by atoms with Crippen LogP contribution in [0.2, 0.25) is 0 Å². The molecule has 118 valence electrons. The third kappa shape index (κ3) is 5.08. The Bertz CT molecular complexity index is 719. The summed E-state index contributed by atoms with van der Waals surface area (Å²) < 4.78 is 5.09. The summed E-state index contributed by atoms with van der Waals surface area (Å²) in [4.78, 5) is 11.6. The van der Waals surface area contributed by atoms with E-state index in [1.165, 1.54) is 0 Å². The fraction of sp³-hybridized carbons (Fsp3) is 0.211. The molecule has 0 aliphatic heterocycles. The van der Waals surface area contributed by atoms with Crippen LogP contribution in [0.25, 0.3) is 0 Å². The Hall–Kier alpha value is -2.93. The molecule has 0 saturated carbocycles. The molecule has 0 radical (unpaired) electrons. The zero-order valence-corrected chi connectivity index (χ0v) is 13.2. The van der Waals surface area contributed by atoms with Crippen molar-refractivity contribution in [1.82, 2.24) is 5.32 Å². The molecule has 2 aromatic rings. The van der Waals surface area contributed by atoms with Gasteiger partial charge < -0.3 is 15.2 Å². The number of aromatic hydroxyl groups is 1. The maximum absolute atomic E-state index is 11.6. The zero-order chi connectivity index (χ0) is 16.7. The molecule has 0 aliphatic rings. The highest BCUT2D eigenvalue weighted by Crippen LogP contribution is 2.19. The lowest BCUT2D eigenvalue weighted by atomic mass is 10.0. The predicted octanol–water partition coefficient (Wildman–Crippen LogP) is 3.29. The lowest BCUT2D eigenvalue weighted by molar-refractivity contribution is 0.141. The molecular weight excluding hydrogens is 290 g/mol. The van der Waals surface area contributed by atoms with E-state index in [4.69, 9.17) is 4.74 Å². The number of phenols is 1. The standard InChI is InChI=1S/C19H19NO3/c1-14-11-17(21)12-15(2)18(14)9-6-10-20-19(22)23-13-16-7-4-3-5-8-16/h3-5,7-8,11-12,21H,10,13H2,1-2H3,(H,20,22). The van der Waals surface area contributed by atoms with Crippen LogP contribution in [0.5, 0.6) is 5.75 Å². The van der Waals surface area contributed by atoms with Crippen LogP contribution in [0.1, 0.15) is 22.3 Å². The number of nitrogens with one attached hydrogen (secondary N) is 1. The van der Waals surface area contributed by atoms with E-state index in [2.05, 4.69) is 17.2 Å². The van der Waals surface area contributed by atoms with Gasteiger partial charge in [0.1, 0.15) is 12.4 Å². The quantitative estimate of drug-likeness (QED) is 0.855. The summed E-state index contributed by atoms with van der Waals surface area (Å²) >= 11 is 0. The van der Waals surface area contributed by atoms with Gasteiger partial charge in [0.15, 0.2) is 0 Å². The van der Waals surface area contributed by atoms with E-state index >= 15 is 0 Å². The van der Waals surface area contributed by atoms with Gasteiger partial charge in [0.2, 0.25) is 0 Å². The van der Waals surface area contributed by atoms with Gasteiger partial charge in [-0.3, -0.25) is 0 Å². The van der Waals surface area contributed by atoms with Crippen LogP contribution >= 0.6 is 0 Å². The van der Waals surface area contributed by atoms with Crippen molar-refractivity contribution in [2.24, 2.45) is 0 Å². The number of carbonyl (C=O) groups is 1. The smallest absolute Gasteiger partial charge is 0.408 e. The number of alkyl carbamates (subject to hydrolysis) is 1. The number of amides is 1. The van der Waals surface area contributed by atoms with E-state index in [0.717, 1.165) is 22.3 Å². The Labute approximate surface area is 136 Å². The topological polar surface area (TPSA) is 58.6 Å². The van der Waals surface area contributed by atoms with E-state index in [-0.39, 0.29) is 18.9 Å². The minimum absolute atomic E-state index is 0.202. The summed E-state index contributed by atoms with van der Waals surface area (Å²) in [6.45, 7) is 4.21. The highest BCUT2D eigenvalue weighted by molar-refractivity contribution is 5.67. The van der Waals surface area contributed by atoms with E-state index < -0.39 is 6.09 Å². The van der Waals surface area contributed by atoms with Crippen LogP contribution in [0.15, 0.2) is 42.5 Å². The molecule has 2 N–H and O–H groups in total. The number of rotatable bonds is 3. The van der Waals surface area contributed by atoms with Gasteiger partial charge in [-0.15, -0.1) is 0 Å². The Kier molecular flexibility index (Phi) is 5.65. The van der Waals surface area contributed by atoms with Crippen molar-refractivity contribution in [2.75, 3.05) is 6.54 Å². The number of ether oxygens (including phenoxy) is 1. The molecule has 0 saturated heterocycles. The third-order valence-electron chi connectivity index (χ3n) is 3.26. The molecule has 2 aromatic carbocycles. The van der Waals surface area contributed by atoms with Crippen molar-refractivity contribution >= 4 is 6.09 Å². The first-order valence-electron chi connectivity index (χ1n) is 7.30. The summed E-state index contributed by atoms with van der Waals surface area (Å²) in [7, 11) is 0. The SMILES string of the molecule is Cc1cc(O)cc(C)c1C#CCNC(=O)OCc1ccccc1. The number of benzene rings is 2. The van der Waals surface area contributed by atoms with Gasteiger partial charge >= 0.3 is 6.09 Å². The minimum atomic E-state index is -0.498. The summed E-state index contributed by atoms with van der Waals surface area (Å²) in [6.07, 6.45) is -0.498. The average Bonchev–Trinajstić information content (AvgIpc) is 2.52. The fourth-order valence-electron chi connectivity index (χ4n) is 2.16. The Morgan fingerprint density at radius 2 is 1.83 bits per heavy atom. The van der Waals surface area contributed by atoms with Crippen molar-refractivity contribution in [3.05, 3.63) is 64.7 Å². The van der Waals surface area contributed by atoms with Crippen LogP contribution in [0.3, 0.4) is 0 Å². The summed E-state index contributed by atoms with van der Waals surface area (Å²) in [6, 6.07) is 12.8. The normalized spacial score (nSPS) is 9.65. The van der Waals surface area contributed by atoms with E-state index in [1.807, 2.05) is 44.2 Å². The van der Waals surface area contributed by atoms with Crippen molar-refractivity contribution in [2.45, 2.75) is 20.5 Å². The van der Waals surface area contributed by atoms with Crippen LogP contribution < -0.4 is 5.32 Å². The maximum atomic E-state index is 11.6. The molecule has 0 aromatic heterocycles. The lowest BCUT2D eigenvalue weighted by Crippen LogP contribution is -2.24. The monoisotopic (exact) mass is 309 g/mol. The molecule has 0 fully saturated rings. The molecule has 0 unspecified atom stereocenters. The van der Waals surface area contributed by atoms with Crippen molar-refractivity contribution in [3.63, 3.8) is 0 Å². The Morgan fingerprint density at radius 3 is 2.48 bits per heavy atom. The van der Waals surface area contributed by atoms with Crippen LogP contribution in [0, 0.1) is 25.7 Å². The van der Waals surface area contributed by atoms with E-state index in [1.54, 1.807) is 12.1 Å². The average molecular weight is 309 g/mol. The molecule has 2 rings (SSSR count). The van der Waals surface area contributed by atoms with E-state index in [0.29, 0.717) is 0 Å². The van der Waals surface area contributed by atoms with Crippen LogP contribution in [-0.4, -0.2) is 17.7 Å². The molecule has 0 spiro atoms. The van der Waals surface area contributed by atoms with Gasteiger partial charge in [-0.2, -0.15) is 0 Å². The second kappa shape index (κ2) is 7.90. The lowest BCUT2D eigenvalue weighted by Gasteiger charge is -2.05. The summed E-state index contributed by atoms with van der Waals surface area (Å²) in [5, 5.41) is 12.1. The molecule has 23 heavy (non-hydrogen) atoms. The summed E-state index contributed by atoms with van der Waals surface area (Å²) in [5.74, 6) is 6.12. The summed E-state index contributed by atoms with van der Waals surface area (Å²) in [5.41, 5.74) is 3.61. The fourth-order valence-corrected chi connectivity index (χ4v) is 2.16. The predicted molar refractivity (Wildman–Crippen MR) is 89.1 cm³/mol. The number of aryl methyl sites for hydroxylation is 2. The van der Waals surface area contributed by atoms with Gasteiger partial charge in [0.25, 0.3) is 0 Å². The molecule has 0 atom stereocenters. The maximum Gasteiger partial charge on any atom is 0.408 e. The second-order valence-electron chi connectivity index (χ2n) is 5.17. The molecule has 4 nitrogen and oxygen atoms in total. The molecule has 0 bridgehead atoms. The van der Waals surface area contributed by atoms with Gasteiger partial charge in [0, 0.05) is 5.56 Å². The van der Waals surface area contributed by atoms with Gasteiger partial charge in [-0.25, -0.2) is 4.79 Å². The number of hydrogen-bond donors (Lipinski definition) is 2. The first-order valence-corrected chi connectivity index (χ1v) is 7.30. The first kappa shape index (κ1) is 16.4. The Balaban J connectivity index is 1.83. The largest absolute Gasteiger partial charge is 0.508 e. The minimum Gasteiger partial charge on any atom is -0.508 e. The van der Waals surface area contributed by atoms with Crippen molar-refractivity contribution in [3.8, 4) is 17.6 Å².